The first-order chi connectivity index (χ1) is 15.4. The molecule has 1 aromatic heterocycles. The van der Waals surface area contributed by atoms with Gasteiger partial charge in [-0.1, -0.05) is 35.9 Å². The molecule has 0 spiro atoms. The van der Waals surface area contributed by atoms with Gasteiger partial charge in [-0.15, -0.1) is 0 Å². The van der Waals surface area contributed by atoms with Crippen LogP contribution in [-0.2, 0) is 11.2 Å². The monoisotopic (exact) mass is 452 g/mol. The van der Waals surface area contributed by atoms with E-state index in [-0.39, 0.29) is 28.4 Å². The quantitative estimate of drug-likeness (QED) is 0.356. The van der Waals surface area contributed by atoms with Crippen molar-refractivity contribution in [3.63, 3.8) is 0 Å². The van der Waals surface area contributed by atoms with Crippen molar-refractivity contribution in [1.82, 2.24) is 14.9 Å². The number of carbonyl (C=O) groups is 1. The Morgan fingerprint density at radius 3 is 2.72 bits per heavy atom. The van der Waals surface area contributed by atoms with Crippen molar-refractivity contribution in [2.45, 2.75) is 19.4 Å². The van der Waals surface area contributed by atoms with Gasteiger partial charge in [-0.25, -0.2) is 20.2 Å². The Morgan fingerprint density at radius 2 is 1.97 bits per heavy atom. The normalized spacial score (nSPS) is 15.9. The molecular formula is C23H22ClFN6O. The van der Waals surface area contributed by atoms with Crippen LogP contribution >= 0.6 is 11.6 Å². The van der Waals surface area contributed by atoms with Gasteiger partial charge in [0, 0.05) is 24.5 Å². The van der Waals surface area contributed by atoms with Gasteiger partial charge in [0.05, 0.1) is 23.0 Å². The maximum absolute atomic E-state index is 14.2. The van der Waals surface area contributed by atoms with Crippen LogP contribution in [0.25, 0.3) is 11.1 Å². The Balaban J connectivity index is 1.59. The summed E-state index contributed by atoms with van der Waals surface area (Å²) in [6.45, 7) is 2.42. The van der Waals surface area contributed by atoms with Crippen LogP contribution in [0.3, 0.4) is 0 Å². The van der Waals surface area contributed by atoms with E-state index in [2.05, 4.69) is 9.97 Å². The van der Waals surface area contributed by atoms with E-state index >= 15 is 0 Å². The third-order valence-corrected chi connectivity index (χ3v) is 5.89. The molecule has 3 aromatic rings. The van der Waals surface area contributed by atoms with Gasteiger partial charge in [0.1, 0.15) is 12.0 Å². The van der Waals surface area contributed by atoms with E-state index < -0.39 is 5.82 Å². The minimum Gasteiger partial charge on any atom is -0.393 e. The molecule has 1 atom stereocenters. The Bertz CT molecular complexity index is 1190. The summed E-state index contributed by atoms with van der Waals surface area (Å²) >= 11 is 5.81. The maximum atomic E-state index is 14.2. The lowest BCUT2D eigenvalue weighted by Crippen LogP contribution is -2.42. The van der Waals surface area contributed by atoms with Gasteiger partial charge in [0.2, 0.25) is 0 Å². The molecule has 2 heterocycles. The molecule has 1 aliphatic rings. The highest BCUT2D eigenvalue weighted by Gasteiger charge is 2.30. The summed E-state index contributed by atoms with van der Waals surface area (Å²) in [4.78, 5) is 23.0. The number of carbonyl (C=O) groups excluding carboxylic acids is 1. The molecule has 0 fully saturated rings. The Morgan fingerprint density at radius 1 is 1.25 bits per heavy atom. The van der Waals surface area contributed by atoms with E-state index in [1.165, 1.54) is 24.7 Å². The van der Waals surface area contributed by atoms with Crippen LogP contribution in [0.4, 0.5) is 10.1 Å². The molecule has 4 rings (SSSR count). The minimum atomic E-state index is -0.689. The minimum absolute atomic E-state index is 0.0139. The highest BCUT2D eigenvalue weighted by Crippen LogP contribution is 2.36. The molecule has 1 amide bonds. The first-order valence-corrected chi connectivity index (χ1v) is 10.4. The van der Waals surface area contributed by atoms with Crippen molar-refractivity contribution in [2.75, 3.05) is 11.6 Å². The third kappa shape index (κ3) is 4.02. The Kier molecular flexibility index (Phi) is 6.07. The SMILES string of the molecule is CC1c2cccc(-c3cncnc3)c2CCN1C(=O)/C(N)=C/N(N)c1cccc(Cl)c1F. The lowest BCUT2D eigenvalue weighted by Gasteiger charge is -2.36. The highest BCUT2D eigenvalue weighted by atomic mass is 35.5. The van der Waals surface area contributed by atoms with Crippen molar-refractivity contribution >= 4 is 23.2 Å². The molecule has 32 heavy (non-hydrogen) atoms. The molecule has 164 valence electrons. The predicted octanol–water partition coefficient (Wildman–Crippen LogP) is 3.56. The second-order valence-electron chi connectivity index (χ2n) is 7.49. The fourth-order valence-corrected chi connectivity index (χ4v) is 4.16. The zero-order valence-corrected chi connectivity index (χ0v) is 18.1. The lowest BCUT2D eigenvalue weighted by molar-refractivity contribution is -0.129. The first kappa shape index (κ1) is 21.7. The summed E-state index contributed by atoms with van der Waals surface area (Å²) in [5.74, 6) is 4.86. The van der Waals surface area contributed by atoms with Gasteiger partial charge in [-0.2, -0.15) is 0 Å². The standard InChI is InChI=1S/C23H22ClFN6O/c1-14-16-4-2-5-17(15-10-28-13-29-11-15)18(16)8-9-30(14)23(32)20(26)12-31(27)21-7-3-6-19(24)22(21)25/h2-7,10-14H,8-9,26-27H2,1H3/b20-12-. The van der Waals surface area contributed by atoms with Gasteiger partial charge in [-0.05, 0) is 42.2 Å². The maximum Gasteiger partial charge on any atom is 0.271 e. The second kappa shape index (κ2) is 8.94. The molecule has 7 nitrogen and oxygen atoms in total. The molecule has 2 aromatic carbocycles. The third-order valence-electron chi connectivity index (χ3n) is 5.60. The van der Waals surface area contributed by atoms with Crippen molar-refractivity contribution in [3.05, 3.63) is 89.0 Å². The van der Waals surface area contributed by atoms with E-state index in [4.69, 9.17) is 23.2 Å². The van der Waals surface area contributed by atoms with Crippen LogP contribution in [0.15, 0.2) is 67.0 Å². The predicted molar refractivity (Wildman–Crippen MR) is 122 cm³/mol. The largest absolute Gasteiger partial charge is 0.393 e. The number of anilines is 1. The smallest absolute Gasteiger partial charge is 0.271 e. The van der Waals surface area contributed by atoms with E-state index in [0.717, 1.165) is 27.3 Å². The van der Waals surface area contributed by atoms with Crippen LogP contribution in [0.1, 0.15) is 24.1 Å². The molecule has 0 saturated heterocycles. The lowest BCUT2D eigenvalue weighted by atomic mass is 9.87. The number of fused-ring (bicyclic) bond motifs is 1. The summed E-state index contributed by atoms with van der Waals surface area (Å²) < 4.78 is 14.2. The summed E-state index contributed by atoms with van der Waals surface area (Å²) in [6, 6.07) is 10.2. The van der Waals surface area contributed by atoms with E-state index in [0.29, 0.717) is 13.0 Å². The molecule has 0 bridgehead atoms. The van der Waals surface area contributed by atoms with E-state index in [1.807, 2.05) is 25.1 Å². The van der Waals surface area contributed by atoms with Crippen molar-refractivity contribution < 1.29 is 9.18 Å². The van der Waals surface area contributed by atoms with Crippen molar-refractivity contribution in [1.29, 1.82) is 0 Å². The van der Waals surface area contributed by atoms with Crippen molar-refractivity contribution in [3.8, 4) is 11.1 Å². The molecule has 1 unspecified atom stereocenters. The van der Waals surface area contributed by atoms with Crippen molar-refractivity contribution in [2.24, 2.45) is 11.6 Å². The summed E-state index contributed by atoms with van der Waals surface area (Å²) in [6.07, 6.45) is 6.90. The molecule has 1 aliphatic heterocycles. The van der Waals surface area contributed by atoms with Crippen LogP contribution in [-0.4, -0.2) is 27.3 Å². The summed E-state index contributed by atoms with van der Waals surface area (Å²) in [5, 5.41) is 0.891. The van der Waals surface area contributed by atoms with Crippen LogP contribution in [0, 0.1) is 5.82 Å². The number of rotatable bonds is 4. The Hall–Kier alpha value is -3.49. The molecule has 4 N–H and O–H groups in total. The topological polar surface area (TPSA) is 101 Å². The number of nitrogens with two attached hydrogens (primary N) is 2. The average molecular weight is 453 g/mol. The first-order valence-electron chi connectivity index (χ1n) is 10.0. The Labute approximate surface area is 190 Å². The number of hydrazine groups is 1. The summed E-state index contributed by atoms with van der Waals surface area (Å²) in [7, 11) is 0. The van der Waals surface area contributed by atoms with Gasteiger partial charge < -0.3 is 10.6 Å². The van der Waals surface area contributed by atoms with Gasteiger partial charge >= 0.3 is 0 Å². The van der Waals surface area contributed by atoms with E-state index in [1.54, 1.807) is 23.4 Å². The fraction of sp³-hybridized carbons (Fsp3) is 0.174. The van der Waals surface area contributed by atoms with Crippen LogP contribution in [0.5, 0.6) is 0 Å². The zero-order chi connectivity index (χ0) is 22.8. The number of benzene rings is 2. The number of aromatic nitrogens is 2. The van der Waals surface area contributed by atoms with Gasteiger partial charge in [0.15, 0.2) is 5.82 Å². The number of nitrogens with zero attached hydrogens (tertiary/aromatic N) is 4. The average Bonchev–Trinajstić information content (AvgIpc) is 2.81. The number of hydrogen-bond acceptors (Lipinski definition) is 6. The molecule has 0 aliphatic carbocycles. The molecule has 0 radical (unpaired) electrons. The highest BCUT2D eigenvalue weighted by molar-refractivity contribution is 6.31. The summed E-state index contributed by atoms with van der Waals surface area (Å²) in [5.41, 5.74) is 10.1. The van der Waals surface area contributed by atoms with Gasteiger partial charge in [-0.3, -0.25) is 9.80 Å². The number of hydrogen-bond donors (Lipinski definition) is 2. The fourth-order valence-electron chi connectivity index (χ4n) is 3.99. The van der Waals surface area contributed by atoms with Gasteiger partial charge in [0.25, 0.3) is 5.91 Å². The number of amides is 1. The molecule has 9 heteroatoms. The van der Waals surface area contributed by atoms with Crippen LogP contribution < -0.4 is 16.6 Å². The van der Waals surface area contributed by atoms with E-state index in [9.17, 15) is 9.18 Å². The number of halogens is 2. The van der Waals surface area contributed by atoms with Crippen LogP contribution in [0.2, 0.25) is 5.02 Å². The molecule has 0 saturated carbocycles. The molecular weight excluding hydrogens is 431 g/mol. The zero-order valence-electron chi connectivity index (χ0n) is 17.4. The second-order valence-corrected chi connectivity index (χ2v) is 7.90.